The van der Waals surface area contributed by atoms with Gasteiger partial charge in [-0.25, -0.2) is 13.6 Å². The summed E-state index contributed by atoms with van der Waals surface area (Å²) in [5, 5.41) is 5.09. The highest BCUT2D eigenvalue weighted by atomic mass is 32.2. The Morgan fingerprint density at radius 2 is 1.81 bits per heavy atom. The number of nitrogens with zero attached hydrogens (tertiary/aromatic N) is 1. The van der Waals surface area contributed by atoms with Crippen LogP contribution in [0.1, 0.15) is 18.4 Å². The second-order valence-electron chi connectivity index (χ2n) is 4.13. The molecule has 0 atom stereocenters. The van der Waals surface area contributed by atoms with Crippen molar-refractivity contribution >= 4 is 15.7 Å². The van der Waals surface area contributed by atoms with Gasteiger partial charge in [0.25, 0.3) is 0 Å². The van der Waals surface area contributed by atoms with Crippen LogP contribution in [0.15, 0.2) is 24.3 Å². The Morgan fingerprint density at radius 1 is 1.19 bits per heavy atom. The van der Waals surface area contributed by atoms with Gasteiger partial charge in [0.15, 0.2) is 0 Å². The summed E-state index contributed by atoms with van der Waals surface area (Å²) in [5.74, 6) is -0.0837. The van der Waals surface area contributed by atoms with Crippen molar-refractivity contribution in [2.24, 2.45) is 5.14 Å². The molecule has 0 spiro atoms. The monoisotopic (exact) mass is 240 g/mol. The molecule has 5 heteroatoms. The topological polar surface area (TPSA) is 63.4 Å². The first-order chi connectivity index (χ1) is 7.56. The van der Waals surface area contributed by atoms with Gasteiger partial charge in [-0.05, 0) is 24.5 Å². The third-order valence-corrected chi connectivity index (χ3v) is 3.51. The molecular weight excluding hydrogens is 224 g/mol. The Balaban J connectivity index is 2.30. The molecule has 0 unspecified atom stereocenters. The van der Waals surface area contributed by atoms with E-state index in [9.17, 15) is 8.42 Å². The van der Waals surface area contributed by atoms with E-state index in [-0.39, 0.29) is 5.75 Å². The summed E-state index contributed by atoms with van der Waals surface area (Å²) < 4.78 is 22.3. The number of anilines is 1. The molecule has 1 aromatic rings. The molecule has 1 saturated heterocycles. The van der Waals surface area contributed by atoms with Crippen LogP contribution in [0.4, 0.5) is 5.69 Å². The molecule has 1 aliphatic heterocycles. The molecule has 4 nitrogen and oxygen atoms in total. The van der Waals surface area contributed by atoms with E-state index in [0.29, 0.717) is 0 Å². The number of hydrogen-bond donors (Lipinski definition) is 1. The number of hydrogen-bond acceptors (Lipinski definition) is 3. The molecule has 0 saturated carbocycles. The maximum absolute atomic E-state index is 11.1. The van der Waals surface area contributed by atoms with Crippen molar-refractivity contribution in [2.45, 2.75) is 18.6 Å². The molecule has 88 valence electrons. The molecule has 0 amide bonds. The number of benzene rings is 1. The molecule has 16 heavy (non-hydrogen) atoms. The number of nitrogens with two attached hydrogens (primary N) is 1. The zero-order valence-electron chi connectivity index (χ0n) is 9.09. The van der Waals surface area contributed by atoms with E-state index < -0.39 is 10.0 Å². The lowest BCUT2D eigenvalue weighted by molar-refractivity contribution is 0.597. The number of sulfonamides is 1. The Bertz CT molecular complexity index is 465. The highest BCUT2D eigenvalue weighted by Crippen LogP contribution is 2.25. The lowest BCUT2D eigenvalue weighted by Crippen LogP contribution is -2.21. The fourth-order valence-electron chi connectivity index (χ4n) is 2.12. The molecule has 1 heterocycles. The van der Waals surface area contributed by atoms with Gasteiger partial charge in [-0.15, -0.1) is 0 Å². The highest BCUT2D eigenvalue weighted by molar-refractivity contribution is 7.88. The molecular formula is C11H16N2O2S. The number of para-hydroxylation sites is 1. The highest BCUT2D eigenvalue weighted by Gasteiger charge is 2.17. The van der Waals surface area contributed by atoms with Gasteiger partial charge in [-0.2, -0.15) is 0 Å². The molecule has 1 aromatic carbocycles. The van der Waals surface area contributed by atoms with Gasteiger partial charge in [0, 0.05) is 18.8 Å². The largest absolute Gasteiger partial charge is 0.371 e. The van der Waals surface area contributed by atoms with Crippen molar-refractivity contribution in [2.75, 3.05) is 18.0 Å². The molecule has 1 aliphatic rings. The van der Waals surface area contributed by atoms with Crippen LogP contribution in [0.2, 0.25) is 0 Å². The van der Waals surface area contributed by atoms with Crippen LogP contribution in [0.5, 0.6) is 0 Å². The molecule has 1 fully saturated rings. The van der Waals surface area contributed by atoms with Crippen LogP contribution in [0.3, 0.4) is 0 Å². The van der Waals surface area contributed by atoms with E-state index in [2.05, 4.69) is 4.90 Å². The van der Waals surface area contributed by atoms with E-state index in [1.807, 2.05) is 24.3 Å². The van der Waals surface area contributed by atoms with Crippen LogP contribution in [0, 0.1) is 0 Å². The minimum Gasteiger partial charge on any atom is -0.371 e. The van der Waals surface area contributed by atoms with Crippen molar-refractivity contribution < 1.29 is 8.42 Å². The van der Waals surface area contributed by atoms with Gasteiger partial charge in [0.05, 0.1) is 5.75 Å². The number of rotatable bonds is 3. The molecule has 0 aromatic heterocycles. The van der Waals surface area contributed by atoms with Crippen molar-refractivity contribution in [1.29, 1.82) is 0 Å². The minimum absolute atomic E-state index is 0.0837. The van der Waals surface area contributed by atoms with Crippen molar-refractivity contribution in [3.05, 3.63) is 29.8 Å². The molecule has 0 bridgehead atoms. The van der Waals surface area contributed by atoms with Gasteiger partial charge in [0.2, 0.25) is 10.0 Å². The zero-order valence-corrected chi connectivity index (χ0v) is 9.91. The summed E-state index contributed by atoms with van der Waals surface area (Å²) in [6, 6.07) is 7.57. The fourth-order valence-corrected chi connectivity index (χ4v) is 2.79. The van der Waals surface area contributed by atoms with E-state index in [1.165, 1.54) is 12.8 Å². The summed E-state index contributed by atoms with van der Waals surface area (Å²) in [6.45, 7) is 2.00. The minimum atomic E-state index is -3.46. The Kier molecular flexibility index (Phi) is 3.16. The SMILES string of the molecule is NS(=O)(=O)Cc1ccccc1N1CCCC1. The van der Waals surface area contributed by atoms with Crippen LogP contribution in [-0.2, 0) is 15.8 Å². The van der Waals surface area contributed by atoms with E-state index in [1.54, 1.807) is 0 Å². The van der Waals surface area contributed by atoms with Crippen LogP contribution < -0.4 is 10.0 Å². The Morgan fingerprint density at radius 3 is 2.44 bits per heavy atom. The second-order valence-corrected chi connectivity index (χ2v) is 5.74. The zero-order chi connectivity index (χ0) is 11.6. The first-order valence-electron chi connectivity index (χ1n) is 5.39. The van der Waals surface area contributed by atoms with Crippen molar-refractivity contribution in [3.8, 4) is 0 Å². The Hall–Kier alpha value is -1.07. The summed E-state index contributed by atoms with van der Waals surface area (Å²) in [7, 11) is -3.46. The third-order valence-electron chi connectivity index (χ3n) is 2.80. The molecule has 2 N–H and O–H groups in total. The van der Waals surface area contributed by atoms with Gasteiger partial charge >= 0.3 is 0 Å². The summed E-state index contributed by atoms with van der Waals surface area (Å²) in [6.07, 6.45) is 2.34. The maximum atomic E-state index is 11.1. The number of primary sulfonamides is 1. The van der Waals surface area contributed by atoms with Gasteiger partial charge in [0.1, 0.15) is 0 Å². The summed E-state index contributed by atoms with van der Waals surface area (Å²) in [5.41, 5.74) is 1.81. The van der Waals surface area contributed by atoms with Gasteiger partial charge in [-0.3, -0.25) is 0 Å². The summed E-state index contributed by atoms with van der Waals surface area (Å²) >= 11 is 0. The normalized spacial score (nSPS) is 16.7. The third kappa shape index (κ3) is 2.74. The average molecular weight is 240 g/mol. The van der Waals surface area contributed by atoms with Gasteiger partial charge in [-0.1, -0.05) is 18.2 Å². The first kappa shape index (κ1) is 11.4. The fraction of sp³-hybridized carbons (Fsp3) is 0.455. The van der Waals surface area contributed by atoms with E-state index >= 15 is 0 Å². The lowest BCUT2D eigenvalue weighted by Gasteiger charge is -2.20. The molecule has 2 rings (SSSR count). The van der Waals surface area contributed by atoms with E-state index in [4.69, 9.17) is 5.14 Å². The quantitative estimate of drug-likeness (QED) is 0.859. The van der Waals surface area contributed by atoms with Crippen LogP contribution >= 0.6 is 0 Å². The Labute approximate surface area is 96.1 Å². The van der Waals surface area contributed by atoms with Crippen LogP contribution in [-0.4, -0.2) is 21.5 Å². The van der Waals surface area contributed by atoms with E-state index in [0.717, 1.165) is 24.3 Å². The average Bonchev–Trinajstić information content (AvgIpc) is 2.69. The first-order valence-corrected chi connectivity index (χ1v) is 7.11. The molecule has 0 radical (unpaired) electrons. The smallest absolute Gasteiger partial charge is 0.213 e. The van der Waals surface area contributed by atoms with Crippen molar-refractivity contribution in [3.63, 3.8) is 0 Å². The maximum Gasteiger partial charge on any atom is 0.213 e. The second kappa shape index (κ2) is 4.43. The standard InChI is InChI=1S/C11H16N2O2S/c12-16(14,15)9-10-5-1-2-6-11(10)13-7-3-4-8-13/h1-2,5-6H,3-4,7-9H2,(H2,12,14,15). The molecule has 0 aliphatic carbocycles. The predicted molar refractivity (Wildman–Crippen MR) is 64.7 cm³/mol. The van der Waals surface area contributed by atoms with Crippen LogP contribution in [0.25, 0.3) is 0 Å². The van der Waals surface area contributed by atoms with Gasteiger partial charge < -0.3 is 4.90 Å². The summed E-state index contributed by atoms with van der Waals surface area (Å²) in [4.78, 5) is 2.22. The lowest BCUT2D eigenvalue weighted by atomic mass is 10.2. The van der Waals surface area contributed by atoms with Crippen molar-refractivity contribution in [1.82, 2.24) is 0 Å². The predicted octanol–water partition coefficient (Wildman–Crippen LogP) is 1.08.